The second-order valence-corrected chi connectivity index (χ2v) is 6.21. The molecule has 2 aromatic rings. The Bertz CT molecular complexity index is 578. The van der Waals surface area contributed by atoms with E-state index in [0.717, 1.165) is 57.4 Å². The average Bonchev–Trinajstić information content (AvgIpc) is 2.63. The Kier molecular flexibility index (Phi) is 3.83. The Morgan fingerprint density at radius 2 is 1.74 bits per heavy atom. The number of pyridine rings is 1. The molecule has 0 amide bonds. The minimum absolute atomic E-state index is 0.160. The summed E-state index contributed by atoms with van der Waals surface area (Å²) in [5.74, 6) is 1.83. The summed E-state index contributed by atoms with van der Waals surface area (Å²) in [6.45, 7) is 4.31. The van der Waals surface area contributed by atoms with Gasteiger partial charge < -0.3 is 14.5 Å². The SMILES string of the molecule is c1ccc(N2CCO[C@@]3(CCCN(c4ncccn4)C3)C2)nc1. The molecule has 2 aliphatic heterocycles. The van der Waals surface area contributed by atoms with Crippen LogP contribution in [0.3, 0.4) is 0 Å². The minimum Gasteiger partial charge on any atom is -0.369 e. The molecule has 0 aromatic carbocycles. The molecule has 0 unspecified atom stereocenters. The Morgan fingerprint density at radius 1 is 0.913 bits per heavy atom. The van der Waals surface area contributed by atoms with Crippen molar-refractivity contribution in [3.63, 3.8) is 0 Å². The minimum atomic E-state index is -0.160. The molecule has 23 heavy (non-hydrogen) atoms. The van der Waals surface area contributed by atoms with Crippen molar-refractivity contribution in [3.8, 4) is 0 Å². The van der Waals surface area contributed by atoms with E-state index in [9.17, 15) is 0 Å². The highest BCUT2D eigenvalue weighted by Crippen LogP contribution is 2.31. The summed E-state index contributed by atoms with van der Waals surface area (Å²) in [5, 5.41) is 0. The van der Waals surface area contributed by atoms with Crippen molar-refractivity contribution in [2.24, 2.45) is 0 Å². The Morgan fingerprint density at radius 3 is 2.57 bits per heavy atom. The zero-order valence-corrected chi connectivity index (χ0v) is 13.1. The molecule has 6 nitrogen and oxygen atoms in total. The molecule has 0 N–H and O–H groups in total. The van der Waals surface area contributed by atoms with E-state index in [2.05, 4.69) is 30.8 Å². The lowest BCUT2D eigenvalue weighted by Crippen LogP contribution is -2.60. The summed E-state index contributed by atoms with van der Waals surface area (Å²) >= 11 is 0. The van der Waals surface area contributed by atoms with Gasteiger partial charge in [0.2, 0.25) is 5.95 Å². The molecule has 2 aliphatic rings. The zero-order valence-electron chi connectivity index (χ0n) is 13.1. The third-order valence-corrected chi connectivity index (χ3v) is 4.60. The first kappa shape index (κ1) is 14.4. The van der Waals surface area contributed by atoms with E-state index < -0.39 is 0 Å². The van der Waals surface area contributed by atoms with Crippen molar-refractivity contribution in [3.05, 3.63) is 42.9 Å². The summed E-state index contributed by atoms with van der Waals surface area (Å²) in [5.41, 5.74) is -0.160. The largest absolute Gasteiger partial charge is 0.369 e. The molecular weight excluding hydrogens is 290 g/mol. The van der Waals surface area contributed by atoms with Crippen LogP contribution < -0.4 is 9.80 Å². The third kappa shape index (κ3) is 2.99. The highest BCUT2D eigenvalue weighted by atomic mass is 16.5. The summed E-state index contributed by atoms with van der Waals surface area (Å²) in [4.78, 5) is 17.8. The number of aromatic nitrogens is 3. The first-order valence-electron chi connectivity index (χ1n) is 8.17. The van der Waals surface area contributed by atoms with Crippen LogP contribution in [0.15, 0.2) is 42.9 Å². The number of nitrogens with zero attached hydrogens (tertiary/aromatic N) is 5. The van der Waals surface area contributed by atoms with Gasteiger partial charge in [-0.2, -0.15) is 0 Å². The van der Waals surface area contributed by atoms with E-state index in [4.69, 9.17) is 4.74 Å². The topological polar surface area (TPSA) is 54.4 Å². The fourth-order valence-electron chi connectivity index (χ4n) is 3.55. The van der Waals surface area contributed by atoms with Crippen LogP contribution in [0.25, 0.3) is 0 Å². The number of hydrogen-bond acceptors (Lipinski definition) is 6. The highest BCUT2D eigenvalue weighted by molar-refractivity contribution is 5.40. The van der Waals surface area contributed by atoms with E-state index in [-0.39, 0.29) is 5.60 Å². The van der Waals surface area contributed by atoms with Crippen LogP contribution in [-0.4, -0.2) is 53.3 Å². The van der Waals surface area contributed by atoms with E-state index in [0.29, 0.717) is 0 Å². The average molecular weight is 311 g/mol. The smallest absolute Gasteiger partial charge is 0.225 e. The van der Waals surface area contributed by atoms with Crippen LogP contribution in [0.2, 0.25) is 0 Å². The first-order valence-corrected chi connectivity index (χ1v) is 8.17. The van der Waals surface area contributed by atoms with Crippen LogP contribution in [0.5, 0.6) is 0 Å². The maximum Gasteiger partial charge on any atom is 0.225 e. The predicted octanol–water partition coefficient (Wildman–Crippen LogP) is 1.75. The summed E-state index contributed by atoms with van der Waals surface area (Å²) in [7, 11) is 0. The Balaban J connectivity index is 1.53. The second kappa shape index (κ2) is 6.12. The van der Waals surface area contributed by atoms with Gasteiger partial charge >= 0.3 is 0 Å². The fraction of sp³-hybridized carbons (Fsp3) is 0.471. The summed E-state index contributed by atoms with van der Waals surface area (Å²) in [6, 6.07) is 7.91. The van der Waals surface area contributed by atoms with E-state index >= 15 is 0 Å². The second-order valence-electron chi connectivity index (χ2n) is 6.21. The molecule has 0 radical (unpaired) electrons. The van der Waals surface area contributed by atoms with Gasteiger partial charge in [0.05, 0.1) is 19.7 Å². The van der Waals surface area contributed by atoms with Gasteiger partial charge in [-0.05, 0) is 31.0 Å². The molecule has 0 bridgehead atoms. The van der Waals surface area contributed by atoms with Gasteiger partial charge in [0.15, 0.2) is 0 Å². The highest BCUT2D eigenvalue weighted by Gasteiger charge is 2.41. The lowest BCUT2D eigenvalue weighted by molar-refractivity contribution is -0.0633. The van der Waals surface area contributed by atoms with Gasteiger partial charge in [-0.15, -0.1) is 0 Å². The first-order chi connectivity index (χ1) is 11.3. The molecule has 0 aliphatic carbocycles. The van der Waals surface area contributed by atoms with Crippen molar-refractivity contribution >= 4 is 11.8 Å². The predicted molar refractivity (Wildman–Crippen MR) is 88.6 cm³/mol. The lowest BCUT2D eigenvalue weighted by atomic mass is 9.91. The van der Waals surface area contributed by atoms with Crippen molar-refractivity contribution in [2.45, 2.75) is 18.4 Å². The fourth-order valence-corrected chi connectivity index (χ4v) is 3.55. The molecule has 120 valence electrons. The van der Waals surface area contributed by atoms with Gasteiger partial charge in [0.25, 0.3) is 0 Å². The van der Waals surface area contributed by atoms with Crippen molar-refractivity contribution in [2.75, 3.05) is 42.6 Å². The molecule has 2 fully saturated rings. The summed E-state index contributed by atoms with van der Waals surface area (Å²) in [6.07, 6.45) is 7.60. The normalized spacial score (nSPS) is 24.9. The van der Waals surface area contributed by atoms with Crippen LogP contribution >= 0.6 is 0 Å². The molecule has 6 heteroatoms. The molecular formula is C17H21N5O. The van der Waals surface area contributed by atoms with Gasteiger partial charge in [-0.25, -0.2) is 15.0 Å². The number of ether oxygens (including phenoxy) is 1. The van der Waals surface area contributed by atoms with Gasteiger partial charge in [-0.1, -0.05) is 6.07 Å². The van der Waals surface area contributed by atoms with E-state index in [1.807, 2.05) is 24.4 Å². The number of anilines is 2. The van der Waals surface area contributed by atoms with Gasteiger partial charge in [-0.3, -0.25) is 0 Å². The molecule has 4 heterocycles. The molecule has 2 saturated heterocycles. The van der Waals surface area contributed by atoms with E-state index in [1.165, 1.54) is 0 Å². The molecule has 4 rings (SSSR count). The molecule has 1 atom stereocenters. The Labute approximate surface area is 136 Å². The Hall–Kier alpha value is -2.21. The number of rotatable bonds is 2. The van der Waals surface area contributed by atoms with Crippen LogP contribution in [0, 0.1) is 0 Å². The van der Waals surface area contributed by atoms with Crippen LogP contribution in [0.4, 0.5) is 11.8 Å². The van der Waals surface area contributed by atoms with Gasteiger partial charge in [0, 0.05) is 31.7 Å². The maximum absolute atomic E-state index is 6.24. The monoisotopic (exact) mass is 311 g/mol. The number of morpholine rings is 1. The lowest BCUT2D eigenvalue weighted by Gasteiger charge is -2.48. The molecule has 1 spiro atoms. The third-order valence-electron chi connectivity index (χ3n) is 4.60. The van der Waals surface area contributed by atoms with Crippen molar-refractivity contribution < 1.29 is 4.74 Å². The molecule has 0 saturated carbocycles. The standard InChI is InChI=1S/C17H21N5O/c1-2-7-18-15(5-1)21-11-12-23-17(13-21)6-3-10-22(14-17)16-19-8-4-9-20-16/h1-2,4-5,7-9H,3,6,10-14H2/t17-/m0/s1. The quantitative estimate of drug-likeness (QED) is 0.842. The summed E-state index contributed by atoms with van der Waals surface area (Å²) < 4.78 is 6.24. The van der Waals surface area contributed by atoms with Crippen molar-refractivity contribution in [1.29, 1.82) is 0 Å². The zero-order chi connectivity index (χ0) is 15.5. The van der Waals surface area contributed by atoms with Gasteiger partial charge in [0.1, 0.15) is 11.4 Å². The maximum atomic E-state index is 6.24. The molecule has 2 aromatic heterocycles. The van der Waals surface area contributed by atoms with Crippen molar-refractivity contribution in [1.82, 2.24) is 15.0 Å². The van der Waals surface area contributed by atoms with Crippen LogP contribution in [0.1, 0.15) is 12.8 Å². The van der Waals surface area contributed by atoms with Crippen LogP contribution in [-0.2, 0) is 4.74 Å². The number of piperidine rings is 1. The van der Waals surface area contributed by atoms with E-state index in [1.54, 1.807) is 12.4 Å². The number of hydrogen-bond donors (Lipinski definition) is 0.